The van der Waals surface area contributed by atoms with Gasteiger partial charge in [-0.2, -0.15) is 0 Å². The van der Waals surface area contributed by atoms with Crippen molar-refractivity contribution in [1.29, 1.82) is 0 Å². The van der Waals surface area contributed by atoms with Gasteiger partial charge in [-0.25, -0.2) is 8.42 Å². The topological polar surface area (TPSA) is 95.6 Å². The summed E-state index contributed by atoms with van der Waals surface area (Å²) in [5, 5.41) is 5.40. The van der Waals surface area contributed by atoms with E-state index in [0.717, 1.165) is 22.4 Å². The number of nitrogens with one attached hydrogen (secondary N) is 2. The molecule has 2 rings (SSSR count). The molecule has 1 aromatic rings. The van der Waals surface area contributed by atoms with Gasteiger partial charge in [-0.3, -0.25) is 14.5 Å². The monoisotopic (exact) mass is 405 g/mol. The molecule has 1 atom stereocenters. The summed E-state index contributed by atoms with van der Waals surface area (Å²) in [6, 6.07) is 3.70. The largest absolute Gasteiger partial charge is 0.346 e. The molecule has 28 heavy (non-hydrogen) atoms. The quantitative estimate of drug-likeness (QED) is 0.654. The van der Waals surface area contributed by atoms with E-state index in [1.807, 2.05) is 32.9 Å². The van der Waals surface area contributed by atoms with Gasteiger partial charge in [0, 0.05) is 11.7 Å². The Morgan fingerprint density at radius 2 is 1.86 bits per heavy atom. The van der Waals surface area contributed by atoms with Crippen LogP contribution in [0.5, 0.6) is 0 Å². The number of carbonyl (C=O) groups is 2. The molecule has 7 nitrogen and oxygen atoms in total. The van der Waals surface area contributed by atoms with Gasteiger partial charge < -0.3 is 10.6 Å². The molecule has 1 heterocycles. The number of hydrogen-bond acceptors (Lipinski definition) is 5. The third-order valence-electron chi connectivity index (χ3n) is 4.75. The number of rotatable bonds is 7. The SMILES string of the molecule is C#CCN(CC(=O)NCC(=O)Nc1c(C)cc(C)cc1C)C1CCS(=O)(=O)C1. The Labute approximate surface area is 166 Å². The fraction of sp³-hybridized carbons (Fsp3) is 0.500. The third kappa shape index (κ3) is 6.08. The van der Waals surface area contributed by atoms with Gasteiger partial charge in [0.05, 0.1) is 31.1 Å². The van der Waals surface area contributed by atoms with E-state index in [1.165, 1.54) is 0 Å². The second-order valence-electron chi connectivity index (χ2n) is 7.26. The van der Waals surface area contributed by atoms with E-state index in [1.54, 1.807) is 4.90 Å². The number of aryl methyl sites for hydroxylation is 3. The fourth-order valence-corrected chi connectivity index (χ4v) is 5.24. The molecule has 1 aliphatic heterocycles. The molecule has 1 unspecified atom stereocenters. The normalized spacial score (nSPS) is 17.9. The molecular weight excluding hydrogens is 378 g/mol. The first-order chi connectivity index (χ1) is 13.1. The lowest BCUT2D eigenvalue weighted by atomic mass is 10.1. The molecule has 1 fully saturated rings. The Bertz CT molecular complexity index is 880. The highest BCUT2D eigenvalue weighted by Gasteiger charge is 2.32. The molecule has 1 aromatic carbocycles. The predicted octanol–water partition coefficient (Wildman–Crippen LogP) is 0.789. The first kappa shape index (κ1) is 21.9. The Kier molecular flexibility index (Phi) is 7.22. The number of amides is 2. The maximum atomic E-state index is 12.2. The van der Waals surface area contributed by atoms with Crippen LogP contribution in [0, 0.1) is 33.1 Å². The summed E-state index contributed by atoms with van der Waals surface area (Å²) in [4.78, 5) is 26.1. The lowest BCUT2D eigenvalue weighted by Gasteiger charge is -2.25. The molecule has 0 radical (unpaired) electrons. The van der Waals surface area contributed by atoms with Crippen LogP contribution in [-0.2, 0) is 19.4 Å². The molecular formula is C20H27N3O4S. The van der Waals surface area contributed by atoms with E-state index in [4.69, 9.17) is 6.42 Å². The number of benzene rings is 1. The van der Waals surface area contributed by atoms with Crippen LogP contribution >= 0.6 is 0 Å². The smallest absolute Gasteiger partial charge is 0.243 e. The lowest BCUT2D eigenvalue weighted by Crippen LogP contribution is -2.45. The second kappa shape index (κ2) is 9.22. The number of terminal acetylenes is 1. The molecule has 1 aliphatic rings. The van der Waals surface area contributed by atoms with Crippen molar-refractivity contribution < 1.29 is 18.0 Å². The molecule has 1 saturated heterocycles. The highest BCUT2D eigenvalue weighted by Crippen LogP contribution is 2.21. The third-order valence-corrected chi connectivity index (χ3v) is 6.50. The summed E-state index contributed by atoms with van der Waals surface area (Å²) in [7, 11) is -3.07. The number of nitrogens with zero attached hydrogens (tertiary/aromatic N) is 1. The van der Waals surface area contributed by atoms with E-state index in [2.05, 4.69) is 16.6 Å². The van der Waals surface area contributed by atoms with Crippen molar-refractivity contribution in [2.75, 3.05) is 36.5 Å². The van der Waals surface area contributed by atoms with Gasteiger partial charge in [-0.15, -0.1) is 6.42 Å². The van der Waals surface area contributed by atoms with Crippen LogP contribution in [0.2, 0.25) is 0 Å². The Hall–Kier alpha value is -2.37. The number of hydrogen-bond donors (Lipinski definition) is 2. The minimum absolute atomic E-state index is 0.00836. The molecule has 152 valence electrons. The van der Waals surface area contributed by atoms with E-state index >= 15 is 0 Å². The van der Waals surface area contributed by atoms with E-state index in [9.17, 15) is 18.0 Å². The van der Waals surface area contributed by atoms with Gasteiger partial charge in [0.1, 0.15) is 0 Å². The van der Waals surface area contributed by atoms with Crippen molar-refractivity contribution in [3.63, 3.8) is 0 Å². The van der Waals surface area contributed by atoms with Crippen LogP contribution in [0.4, 0.5) is 5.69 Å². The summed E-state index contributed by atoms with van der Waals surface area (Å²) in [6.07, 6.45) is 5.81. The Balaban J connectivity index is 1.89. The predicted molar refractivity (Wildman–Crippen MR) is 110 cm³/mol. The van der Waals surface area contributed by atoms with Crippen LogP contribution in [-0.4, -0.2) is 62.3 Å². The van der Waals surface area contributed by atoms with E-state index in [-0.39, 0.29) is 49.0 Å². The molecule has 0 bridgehead atoms. The summed E-state index contributed by atoms with van der Waals surface area (Å²) in [6.45, 7) is 5.80. The molecule has 2 N–H and O–H groups in total. The Morgan fingerprint density at radius 3 is 2.39 bits per heavy atom. The summed E-state index contributed by atoms with van der Waals surface area (Å²) < 4.78 is 23.3. The van der Waals surface area contributed by atoms with Gasteiger partial charge in [0.2, 0.25) is 11.8 Å². The zero-order chi connectivity index (χ0) is 20.9. The highest BCUT2D eigenvalue weighted by atomic mass is 32.2. The van der Waals surface area contributed by atoms with Crippen molar-refractivity contribution >= 4 is 27.3 Å². The number of carbonyl (C=O) groups excluding carboxylic acids is 2. The average Bonchev–Trinajstić information content (AvgIpc) is 2.96. The van der Waals surface area contributed by atoms with Crippen LogP contribution in [0.15, 0.2) is 12.1 Å². The maximum Gasteiger partial charge on any atom is 0.243 e. The van der Waals surface area contributed by atoms with Gasteiger partial charge in [-0.05, 0) is 38.3 Å². The fourth-order valence-electron chi connectivity index (χ4n) is 3.47. The number of anilines is 1. The average molecular weight is 406 g/mol. The maximum absolute atomic E-state index is 12.2. The number of sulfone groups is 1. The van der Waals surface area contributed by atoms with Crippen LogP contribution in [0.3, 0.4) is 0 Å². The highest BCUT2D eigenvalue weighted by molar-refractivity contribution is 7.91. The van der Waals surface area contributed by atoms with E-state index < -0.39 is 9.84 Å². The van der Waals surface area contributed by atoms with E-state index in [0.29, 0.717) is 6.42 Å². The summed E-state index contributed by atoms with van der Waals surface area (Å²) in [5.74, 6) is 1.89. The second-order valence-corrected chi connectivity index (χ2v) is 9.49. The zero-order valence-corrected chi connectivity index (χ0v) is 17.4. The van der Waals surface area contributed by atoms with Crippen molar-refractivity contribution in [3.05, 3.63) is 28.8 Å². The molecule has 0 spiro atoms. The molecule has 0 saturated carbocycles. The molecule has 0 aliphatic carbocycles. The van der Waals surface area contributed by atoms with Crippen molar-refractivity contribution in [3.8, 4) is 12.3 Å². The summed E-state index contributed by atoms with van der Waals surface area (Å²) in [5.41, 5.74) is 3.78. The van der Waals surface area contributed by atoms with Crippen molar-refractivity contribution in [2.24, 2.45) is 0 Å². The zero-order valence-electron chi connectivity index (χ0n) is 16.5. The van der Waals surface area contributed by atoms with Gasteiger partial charge >= 0.3 is 0 Å². The Morgan fingerprint density at radius 1 is 1.21 bits per heavy atom. The standard InChI is InChI=1S/C20H27N3O4S/c1-5-7-23(17-6-8-28(26,27)13-17)12-19(25)21-11-18(24)22-20-15(3)9-14(2)10-16(20)4/h1,9-10,17H,6-8,11-13H2,2-4H3,(H,21,25)(H,22,24). The molecule has 8 heteroatoms. The van der Waals surface area contributed by atoms with Crippen molar-refractivity contribution in [2.45, 2.75) is 33.2 Å². The minimum Gasteiger partial charge on any atom is -0.346 e. The van der Waals surface area contributed by atoms with Gasteiger partial charge in [0.15, 0.2) is 9.84 Å². The minimum atomic E-state index is -3.07. The van der Waals surface area contributed by atoms with Crippen LogP contribution < -0.4 is 10.6 Å². The van der Waals surface area contributed by atoms with Crippen LogP contribution in [0.1, 0.15) is 23.1 Å². The molecule has 2 amide bonds. The van der Waals surface area contributed by atoms with Crippen LogP contribution in [0.25, 0.3) is 0 Å². The van der Waals surface area contributed by atoms with Gasteiger partial charge in [-0.1, -0.05) is 23.6 Å². The lowest BCUT2D eigenvalue weighted by molar-refractivity contribution is -0.125. The summed E-state index contributed by atoms with van der Waals surface area (Å²) >= 11 is 0. The molecule has 0 aromatic heterocycles. The van der Waals surface area contributed by atoms with Gasteiger partial charge in [0.25, 0.3) is 0 Å². The first-order valence-electron chi connectivity index (χ1n) is 9.13. The first-order valence-corrected chi connectivity index (χ1v) is 11.0. The van der Waals surface area contributed by atoms with Crippen molar-refractivity contribution in [1.82, 2.24) is 10.2 Å².